The molecule has 0 aliphatic heterocycles. The van der Waals surface area contributed by atoms with Crippen LogP contribution in [-0.4, -0.2) is 29.5 Å². The van der Waals surface area contributed by atoms with Crippen LogP contribution in [-0.2, 0) is 26.0 Å². The highest BCUT2D eigenvalue weighted by Gasteiger charge is 2.20. The molecular weight excluding hydrogens is 472 g/mol. The number of hydrogen-bond donors (Lipinski definition) is 3. The topological polar surface area (TPSA) is 134 Å². The van der Waals surface area contributed by atoms with Gasteiger partial charge in [-0.3, -0.25) is 14.7 Å². The predicted molar refractivity (Wildman–Crippen MR) is 123 cm³/mol. The van der Waals surface area contributed by atoms with E-state index in [9.17, 15) is 13.2 Å². The molecule has 1 aromatic carbocycles. The van der Waals surface area contributed by atoms with Crippen molar-refractivity contribution in [3.8, 4) is 0 Å². The van der Waals surface area contributed by atoms with Crippen LogP contribution in [0.1, 0.15) is 38.0 Å². The number of thioether (sulfide) groups is 1. The minimum atomic E-state index is -3.82. The molecule has 1 amide bonds. The highest BCUT2D eigenvalue weighted by Crippen LogP contribution is 2.32. The second-order valence-corrected chi connectivity index (χ2v) is 11.6. The van der Waals surface area contributed by atoms with Crippen molar-refractivity contribution < 1.29 is 22.8 Å². The molecule has 0 aliphatic carbocycles. The Morgan fingerprint density at radius 3 is 2.56 bits per heavy atom. The van der Waals surface area contributed by atoms with Crippen molar-refractivity contribution in [3.63, 3.8) is 0 Å². The van der Waals surface area contributed by atoms with Gasteiger partial charge in [-0.25, -0.2) is 23.9 Å². The Hall–Kier alpha value is -2.67. The first-order chi connectivity index (χ1) is 15.1. The number of oxazole rings is 1. The van der Waals surface area contributed by atoms with Crippen LogP contribution in [0.4, 0.5) is 5.13 Å². The van der Waals surface area contributed by atoms with Crippen LogP contribution in [0, 0.1) is 0 Å². The van der Waals surface area contributed by atoms with Gasteiger partial charge >= 0.3 is 0 Å². The predicted octanol–water partition coefficient (Wildman–Crippen LogP) is 4.04. The average Bonchev–Trinajstić information content (AvgIpc) is 3.39. The van der Waals surface area contributed by atoms with E-state index in [0.717, 1.165) is 16.0 Å². The molecule has 12 heteroatoms. The maximum atomic E-state index is 12.6. The molecule has 3 N–H and O–H groups in total. The minimum absolute atomic E-state index is 0.0557. The fourth-order valence-electron chi connectivity index (χ4n) is 2.37. The maximum Gasteiger partial charge on any atom is 0.267 e. The normalized spacial score (nSPS) is 12.2. The number of carbonyl (C=O) groups is 1. The summed E-state index contributed by atoms with van der Waals surface area (Å²) >= 11 is 2.67. The van der Waals surface area contributed by atoms with Gasteiger partial charge in [-0.2, -0.15) is 0 Å². The molecule has 3 rings (SSSR count). The Balaban J connectivity index is 1.61. The van der Waals surface area contributed by atoms with Crippen LogP contribution in [0.3, 0.4) is 0 Å². The van der Waals surface area contributed by atoms with Crippen molar-refractivity contribution in [2.24, 2.45) is 0 Å². The third-order valence-corrected chi connectivity index (χ3v) is 7.64. The number of benzene rings is 1. The average molecular weight is 495 g/mol. The van der Waals surface area contributed by atoms with Crippen LogP contribution in [0.2, 0.25) is 0 Å². The van der Waals surface area contributed by atoms with Gasteiger partial charge in [0.05, 0.1) is 27.3 Å². The van der Waals surface area contributed by atoms with E-state index in [1.54, 1.807) is 24.5 Å². The number of rotatable bonds is 8. The maximum absolute atomic E-state index is 12.6. The summed E-state index contributed by atoms with van der Waals surface area (Å²) in [6.07, 6.45) is 5.89. The van der Waals surface area contributed by atoms with Crippen LogP contribution in [0.15, 0.2) is 56.3 Å². The zero-order valence-electron chi connectivity index (χ0n) is 17.5. The Morgan fingerprint density at radius 1 is 1.22 bits per heavy atom. The van der Waals surface area contributed by atoms with Crippen molar-refractivity contribution in [3.05, 3.63) is 59.9 Å². The van der Waals surface area contributed by atoms with Crippen LogP contribution < -0.4 is 10.2 Å². The second-order valence-electron chi connectivity index (χ2n) is 7.63. The zero-order valence-corrected chi connectivity index (χ0v) is 20.0. The summed E-state index contributed by atoms with van der Waals surface area (Å²) in [6.45, 7) is 6.14. The molecule has 0 aliphatic rings. The summed E-state index contributed by atoms with van der Waals surface area (Å²) < 4.78 is 34.3. The fraction of sp³-hybridized carbons (Fsp3) is 0.250. The first-order valence-electron chi connectivity index (χ1n) is 9.36. The van der Waals surface area contributed by atoms with E-state index >= 15 is 0 Å². The van der Waals surface area contributed by atoms with Gasteiger partial charge in [0.1, 0.15) is 5.76 Å². The van der Waals surface area contributed by atoms with Gasteiger partial charge in [0, 0.05) is 11.5 Å². The molecule has 0 radical (unpaired) electrons. The summed E-state index contributed by atoms with van der Waals surface area (Å²) in [6, 6.07) is 5.91. The molecule has 0 saturated carbocycles. The molecule has 2 aromatic heterocycles. The number of amides is 1. The van der Waals surface area contributed by atoms with Crippen LogP contribution in [0.25, 0.3) is 6.08 Å². The summed E-state index contributed by atoms with van der Waals surface area (Å²) in [4.78, 5) is 19.5. The van der Waals surface area contributed by atoms with Gasteiger partial charge in [-0.05, 0) is 23.8 Å². The number of sulfonamides is 1. The van der Waals surface area contributed by atoms with Crippen molar-refractivity contribution in [1.29, 1.82) is 0 Å². The Bertz CT molecular complexity index is 1210. The molecule has 0 unspecified atom stereocenters. The number of aromatic nitrogens is 2. The lowest BCUT2D eigenvalue weighted by molar-refractivity contribution is -0.124. The monoisotopic (exact) mass is 494 g/mol. The van der Waals surface area contributed by atoms with Crippen molar-refractivity contribution in [1.82, 2.24) is 15.4 Å². The fourth-order valence-corrected chi connectivity index (χ4v) is 5.34. The van der Waals surface area contributed by atoms with Crippen molar-refractivity contribution in [2.45, 2.75) is 41.0 Å². The summed E-state index contributed by atoms with van der Waals surface area (Å²) in [7, 11) is -3.82. The van der Waals surface area contributed by atoms with E-state index in [-0.39, 0.29) is 15.4 Å². The zero-order chi connectivity index (χ0) is 23.4. The number of hydroxylamine groups is 1. The molecule has 0 fully saturated rings. The van der Waals surface area contributed by atoms with E-state index in [2.05, 4.69) is 14.7 Å². The molecule has 3 aromatic rings. The number of thiazole rings is 1. The second kappa shape index (κ2) is 9.86. The number of anilines is 1. The van der Waals surface area contributed by atoms with E-state index in [1.807, 2.05) is 20.8 Å². The summed E-state index contributed by atoms with van der Waals surface area (Å²) in [5.41, 5.74) is 1.96. The Morgan fingerprint density at radius 2 is 1.94 bits per heavy atom. The Labute approximate surface area is 194 Å². The molecule has 32 heavy (non-hydrogen) atoms. The van der Waals surface area contributed by atoms with Gasteiger partial charge in [0.25, 0.3) is 15.9 Å². The smallest absolute Gasteiger partial charge is 0.267 e. The quantitative estimate of drug-likeness (QED) is 0.185. The number of hydrogen-bond acceptors (Lipinski definition) is 9. The van der Waals surface area contributed by atoms with Gasteiger partial charge in [-0.1, -0.05) is 44.2 Å². The minimum Gasteiger partial charge on any atom is -0.444 e. The van der Waals surface area contributed by atoms with Crippen molar-refractivity contribution in [2.75, 3.05) is 4.72 Å². The summed E-state index contributed by atoms with van der Waals surface area (Å²) in [5, 5.41) is 8.72. The molecule has 9 nitrogen and oxygen atoms in total. The third-order valence-electron chi connectivity index (χ3n) is 4.06. The van der Waals surface area contributed by atoms with Crippen LogP contribution in [0.5, 0.6) is 0 Å². The van der Waals surface area contributed by atoms with Gasteiger partial charge in [0.2, 0.25) is 5.89 Å². The standard InChI is InChI=1S/C20H22N4O5S3/c1-20(2,3)15-10-21-17(29-15)12-30-18-11-22-19(31-18)24-32(27,28)14-7-4-13(5-8-14)6-9-16(25)23-26/h4-11,26H,12H2,1-3H3,(H,22,24)(H,23,25). The third kappa shape index (κ3) is 6.42. The van der Waals surface area contributed by atoms with Crippen molar-refractivity contribution >= 4 is 50.2 Å². The molecule has 0 atom stereocenters. The molecule has 2 heterocycles. The first kappa shape index (κ1) is 24.0. The lowest BCUT2D eigenvalue weighted by Crippen LogP contribution is -2.14. The van der Waals surface area contributed by atoms with Crippen LogP contribution >= 0.6 is 23.1 Å². The number of nitrogens with zero attached hydrogens (tertiary/aromatic N) is 2. The highest BCUT2D eigenvalue weighted by molar-refractivity contribution is 8.00. The molecule has 170 valence electrons. The van der Waals surface area contributed by atoms with E-state index in [0.29, 0.717) is 17.2 Å². The highest BCUT2D eigenvalue weighted by atomic mass is 32.2. The first-order valence-corrected chi connectivity index (χ1v) is 12.6. The largest absolute Gasteiger partial charge is 0.444 e. The SMILES string of the molecule is CC(C)(C)c1cnc(CSc2cnc(NS(=O)(=O)c3ccc(C=CC(=O)NO)cc3)s2)o1. The van der Waals surface area contributed by atoms with Gasteiger partial charge < -0.3 is 4.42 Å². The van der Waals surface area contributed by atoms with Gasteiger partial charge in [-0.15, -0.1) is 11.8 Å². The van der Waals surface area contributed by atoms with Gasteiger partial charge in [0.15, 0.2) is 5.13 Å². The molecule has 0 bridgehead atoms. The van der Waals surface area contributed by atoms with E-state index in [1.165, 1.54) is 46.8 Å². The molecule has 0 spiro atoms. The molecule has 0 saturated heterocycles. The molecular formula is C20H22N4O5S3. The lowest BCUT2D eigenvalue weighted by atomic mass is 9.94. The van der Waals surface area contributed by atoms with E-state index in [4.69, 9.17) is 9.62 Å². The Kier molecular flexibility index (Phi) is 7.39. The number of nitrogens with one attached hydrogen (secondary N) is 2. The number of carbonyl (C=O) groups excluding carboxylic acids is 1. The van der Waals surface area contributed by atoms with E-state index < -0.39 is 15.9 Å². The lowest BCUT2D eigenvalue weighted by Gasteiger charge is -2.12. The summed E-state index contributed by atoms with van der Waals surface area (Å²) in [5.74, 6) is 1.23.